The van der Waals surface area contributed by atoms with Gasteiger partial charge in [0.25, 0.3) is 7.82 Å². The number of aliphatic hydroxyl groups excluding tert-OH is 1. The Bertz CT molecular complexity index is 824. The van der Waals surface area contributed by atoms with Gasteiger partial charge in [0.1, 0.15) is 13.2 Å². The van der Waals surface area contributed by atoms with E-state index in [4.69, 9.17) is 9.05 Å². The lowest BCUT2D eigenvalue weighted by Crippen LogP contribution is -2.46. The maximum atomic E-state index is 12.2. The third kappa shape index (κ3) is 37.8. The lowest BCUT2D eigenvalue weighted by atomic mass is 10.0. The van der Waals surface area contributed by atoms with Crippen molar-refractivity contribution in [1.82, 2.24) is 5.32 Å². The van der Waals surface area contributed by atoms with Crippen LogP contribution in [0.1, 0.15) is 219 Å². The maximum Gasteiger partial charge on any atom is 0.268 e. The first-order chi connectivity index (χ1) is 25.0. The topological polar surface area (TPSA) is 108 Å². The molecule has 0 rings (SSSR count). The summed E-state index contributed by atoms with van der Waals surface area (Å²) in [6.07, 6.45) is 40.9. The number of carbonyl (C=O) groups excluding carboxylic acids is 1. The molecule has 9 heteroatoms. The number of hydrogen-bond donors (Lipinski definition) is 2. The minimum absolute atomic E-state index is 0.0124. The molecule has 0 aromatic carbocycles. The number of phosphoric acid groups is 1. The number of phosphoric ester groups is 1. The zero-order chi connectivity index (χ0) is 38.6. The van der Waals surface area contributed by atoms with Gasteiger partial charge in [0.2, 0.25) is 5.91 Å². The van der Waals surface area contributed by atoms with Gasteiger partial charge in [-0.25, -0.2) is 0 Å². The molecule has 1 amide bonds. The number of hydrogen-bond acceptors (Lipinski definition) is 6. The number of nitrogens with zero attached hydrogens (tertiary/aromatic N) is 1. The summed E-state index contributed by atoms with van der Waals surface area (Å²) in [6, 6.07) is -0.791. The molecule has 0 aromatic heterocycles. The second-order valence-electron chi connectivity index (χ2n) is 16.7. The van der Waals surface area contributed by atoms with E-state index in [0.29, 0.717) is 17.4 Å². The predicted molar refractivity (Wildman–Crippen MR) is 219 cm³/mol. The molecule has 0 bridgehead atoms. The number of nitrogens with one attached hydrogen (secondary N) is 1. The van der Waals surface area contributed by atoms with Gasteiger partial charge in [-0.2, -0.15) is 0 Å². The van der Waals surface area contributed by atoms with E-state index in [1.807, 2.05) is 21.1 Å². The zero-order valence-corrected chi connectivity index (χ0v) is 36.2. The lowest BCUT2D eigenvalue weighted by molar-refractivity contribution is -0.870. The highest BCUT2D eigenvalue weighted by molar-refractivity contribution is 7.45. The molecule has 312 valence electrons. The summed E-state index contributed by atoms with van der Waals surface area (Å²) in [5.74, 6) is -0.250. The summed E-state index contributed by atoms with van der Waals surface area (Å²) in [4.78, 5) is 24.2. The van der Waals surface area contributed by atoms with Crippen LogP contribution in [0.2, 0.25) is 0 Å². The molecule has 0 heterocycles. The first kappa shape index (κ1) is 51.5. The first-order valence-electron chi connectivity index (χ1n) is 22.4. The molecule has 0 aliphatic rings. The molecule has 0 saturated carbocycles. The Kier molecular flexibility index (Phi) is 35.8. The Morgan fingerprint density at radius 1 is 0.596 bits per heavy atom. The summed E-state index contributed by atoms with van der Waals surface area (Å²) in [5.41, 5.74) is 0. The Hall–Kier alpha value is -0.500. The van der Waals surface area contributed by atoms with Crippen LogP contribution in [0.25, 0.3) is 0 Å². The van der Waals surface area contributed by atoms with Gasteiger partial charge >= 0.3 is 0 Å². The zero-order valence-electron chi connectivity index (χ0n) is 35.3. The molecular formula is C43H89N2O6P. The SMILES string of the molecule is CCCCCCCCCCCCCCCCCCCCCCCCCCCCCCCCC(O)C(COP(=O)([O-])OCC[N+](C)(C)C)NC(=O)CC. The van der Waals surface area contributed by atoms with Gasteiger partial charge in [-0.15, -0.1) is 0 Å². The maximum absolute atomic E-state index is 12.2. The van der Waals surface area contributed by atoms with Gasteiger partial charge in [0.15, 0.2) is 0 Å². The fraction of sp³-hybridized carbons (Fsp3) is 0.977. The van der Waals surface area contributed by atoms with Crippen molar-refractivity contribution in [3.63, 3.8) is 0 Å². The monoisotopic (exact) mass is 761 g/mol. The average molecular weight is 761 g/mol. The number of rotatable bonds is 41. The Morgan fingerprint density at radius 3 is 1.23 bits per heavy atom. The molecule has 2 N–H and O–H groups in total. The van der Waals surface area contributed by atoms with Crippen LogP contribution < -0.4 is 10.2 Å². The fourth-order valence-corrected chi connectivity index (χ4v) is 7.49. The lowest BCUT2D eigenvalue weighted by Gasteiger charge is -2.30. The van der Waals surface area contributed by atoms with Crippen LogP contribution in [0.15, 0.2) is 0 Å². The van der Waals surface area contributed by atoms with Crippen molar-refractivity contribution in [2.45, 2.75) is 231 Å². The van der Waals surface area contributed by atoms with Gasteiger partial charge in [0.05, 0.1) is 39.9 Å². The van der Waals surface area contributed by atoms with Crippen molar-refractivity contribution in [3.05, 3.63) is 0 Å². The molecule has 0 radical (unpaired) electrons. The third-order valence-corrected chi connectivity index (χ3v) is 11.4. The molecule has 0 aliphatic carbocycles. The predicted octanol–water partition coefficient (Wildman–Crippen LogP) is 11.6. The van der Waals surface area contributed by atoms with Crippen LogP contribution in [0.3, 0.4) is 0 Å². The van der Waals surface area contributed by atoms with Gasteiger partial charge in [-0.05, 0) is 6.42 Å². The molecule has 0 saturated heterocycles. The minimum Gasteiger partial charge on any atom is -0.756 e. The summed E-state index contributed by atoms with van der Waals surface area (Å²) in [7, 11) is 1.30. The Morgan fingerprint density at radius 2 is 0.923 bits per heavy atom. The van der Waals surface area contributed by atoms with Crippen LogP contribution in [0, 0.1) is 0 Å². The Labute approximate surface area is 323 Å². The highest BCUT2D eigenvalue weighted by atomic mass is 31.2. The van der Waals surface area contributed by atoms with Crippen LogP contribution in [0.5, 0.6) is 0 Å². The molecule has 0 fully saturated rings. The number of unbranched alkanes of at least 4 members (excludes halogenated alkanes) is 29. The number of likely N-dealkylation sites (N-methyl/N-ethyl adjacent to an activating group) is 1. The largest absolute Gasteiger partial charge is 0.756 e. The first-order valence-corrected chi connectivity index (χ1v) is 23.8. The average Bonchev–Trinajstić information content (AvgIpc) is 3.10. The summed E-state index contributed by atoms with van der Waals surface area (Å²) in [6.45, 7) is 4.20. The number of aliphatic hydroxyl groups is 1. The van der Waals surface area contributed by atoms with Crippen molar-refractivity contribution in [1.29, 1.82) is 0 Å². The number of quaternary nitrogens is 1. The molecular weight excluding hydrogens is 671 g/mol. The molecule has 0 aliphatic heterocycles. The van der Waals surface area contributed by atoms with E-state index in [1.54, 1.807) is 6.92 Å². The smallest absolute Gasteiger partial charge is 0.268 e. The van der Waals surface area contributed by atoms with Crippen LogP contribution in [0.4, 0.5) is 0 Å². The van der Waals surface area contributed by atoms with E-state index in [-0.39, 0.29) is 25.5 Å². The van der Waals surface area contributed by atoms with E-state index in [1.165, 1.54) is 173 Å². The standard InChI is InChI=1S/C43H89N2O6P/c1-6-8-9-10-11-12-13-14-15-16-17-18-19-20-21-22-23-24-25-26-27-28-29-30-31-32-33-34-35-36-37-42(46)41(44-43(47)7-2)40-51-52(48,49)50-39-38-45(3,4)5/h41-42,46H,6-40H2,1-5H3,(H-,44,47,48,49). The van der Waals surface area contributed by atoms with E-state index in [2.05, 4.69) is 12.2 Å². The normalized spacial score (nSPS) is 14.4. The van der Waals surface area contributed by atoms with E-state index < -0.39 is 20.0 Å². The minimum atomic E-state index is -4.52. The van der Waals surface area contributed by atoms with E-state index in [0.717, 1.165) is 19.3 Å². The van der Waals surface area contributed by atoms with Crippen molar-refractivity contribution >= 4 is 13.7 Å². The van der Waals surface area contributed by atoms with Crippen LogP contribution in [-0.2, 0) is 18.4 Å². The highest BCUT2D eigenvalue weighted by Crippen LogP contribution is 2.38. The quantitative estimate of drug-likeness (QED) is 0.0365. The van der Waals surface area contributed by atoms with Gasteiger partial charge in [-0.1, -0.05) is 206 Å². The number of carbonyl (C=O) groups is 1. The second kappa shape index (κ2) is 36.2. The summed E-state index contributed by atoms with van der Waals surface area (Å²) in [5, 5.41) is 13.4. The van der Waals surface area contributed by atoms with Crippen molar-refractivity contribution in [2.75, 3.05) is 40.9 Å². The van der Waals surface area contributed by atoms with Crippen LogP contribution >= 0.6 is 7.82 Å². The highest BCUT2D eigenvalue weighted by Gasteiger charge is 2.24. The Balaban J connectivity index is 3.59. The molecule has 52 heavy (non-hydrogen) atoms. The third-order valence-electron chi connectivity index (χ3n) is 10.4. The molecule has 0 spiro atoms. The molecule has 3 unspecified atom stereocenters. The van der Waals surface area contributed by atoms with Crippen molar-refractivity contribution < 1.29 is 32.9 Å². The number of amides is 1. The van der Waals surface area contributed by atoms with Gasteiger partial charge < -0.3 is 28.8 Å². The van der Waals surface area contributed by atoms with Crippen LogP contribution in [-0.4, -0.2) is 68.5 Å². The molecule has 0 aromatic rings. The van der Waals surface area contributed by atoms with E-state index in [9.17, 15) is 19.4 Å². The van der Waals surface area contributed by atoms with Crippen molar-refractivity contribution in [2.24, 2.45) is 0 Å². The van der Waals surface area contributed by atoms with Gasteiger partial charge in [0, 0.05) is 6.42 Å². The van der Waals surface area contributed by atoms with Gasteiger partial charge in [-0.3, -0.25) is 9.36 Å². The molecule has 8 nitrogen and oxygen atoms in total. The second-order valence-corrected chi connectivity index (χ2v) is 18.1. The fourth-order valence-electron chi connectivity index (χ4n) is 6.77. The summed E-state index contributed by atoms with van der Waals surface area (Å²) < 4.78 is 22.7. The summed E-state index contributed by atoms with van der Waals surface area (Å²) >= 11 is 0. The van der Waals surface area contributed by atoms with Crippen molar-refractivity contribution in [3.8, 4) is 0 Å². The molecule has 3 atom stereocenters. The van der Waals surface area contributed by atoms with E-state index >= 15 is 0 Å².